The zero-order valence-electron chi connectivity index (χ0n) is 17.4. The quantitative estimate of drug-likeness (QED) is 0.373. The highest BCUT2D eigenvalue weighted by molar-refractivity contribution is 7.10. The molecule has 0 spiro atoms. The van der Waals surface area contributed by atoms with Crippen LogP contribution >= 0.6 is 11.5 Å². The van der Waals surface area contributed by atoms with Gasteiger partial charge in [0.25, 0.3) is 0 Å². The van der Waals surface area contributed by atoms with Crippen LogP contribution in [0.2, 0.25) is 0 Å². The van der Waals surface area contributed by atoms with Crippen LogP contribution in [0.25, 0.3) is 0 Å². The third-order valence-corrected chi connectivity index (χ3v) is 5.25. The topological polar surface area (TPSA) is 90.9 Å². The molecule has 0 aliphatic rings. The van der Waals surface area contributed by atoms with Crippen LogP contribution < -0.4 is 4.90 Å². The average molecular weight is 414 g/mol. The molecule has 0 N–H and O–H groups in total. The van der Waals surface area contributed by atoms with Gasteiger partial charge in [-0.3, -0.25) is 4.79 Å². The Bertz CT molecular complexity index is 901. The number of unbranched alkanes of at least 4 members (excludes halogenated alkanes) is 1. The third-order valence-electron chi connectivity index (χ3n) is 4.42. The van der Waals surface area contributed by atoms with Gasteiger partial charge in [0.15, 0.2) is 5.00 Å². The Kier molecular flexibility index (Phi) is 8.74. The van der Waals surface area contributed by atoms with Gasteiger partial charge in [-0.15, -0.1) is 10.2 Å². The van der Waals surface area contributed by atoms with Crippen molar-refractivity contribution < 1.29 is 9.53 Å². The molecular weight excluding hydrogens is 386 g/mol. The summed E-state index contributed by atoms with van der Waals surface area (Å²) in [4.78, 5) is 13.9. The molecule has 0 amide bonds. The lowest BCUT2D eigenvalue weighted by atomic mass is 10.1. The molecule has 8 heteroatoms. The van der Waals surface area contributed by atoms with Gasteiger partial charge in [-0.1, -0.05) is 13.3 Å². The van der Waals surface area contributed by atoms with Crippen molar-refractivity contribution in [2.75, 3.05) is 24.6 Å². The van der Waals surface area contributed by atoms with Crippen molar-refractivity contribution in [1.29, 1.82) is 5.26 Å². The minimum Gasteiger partial charge on any atom is -0.466 e. The molecule has 0 saturated heterocycles. The number of esters is 1. The van der Waals surface area contributed by atoms with Crippen LogP contribution in [0.1, 0.15) is 49.9 Å². The summed E-state index contributed by atoms with van der Waals surface area (Å²) < 4.78 is 9.21. The second kappa shape index (κ2) is 11.3. The number of carbonyl (C=O) groups excluding carboxylic acids is 1. The molecular formula is C21H27N5O2S. The Morgan fingerprint density at radius 3 is 2.72 bits per heavy atom. The number of carbonyl (C=O) groups is 1. The lowest BCUT2D eigenvalue weighted by Gasteiger charge is -2.25. The lowest BCUT2D eigenvalue weighted by molar-refractivity contribution is -0.142. The summed E-state index contributed by atoms with van der Waals surface area (Å²) in [6.45, 7) is 9.62. The van der Waals surface area contributed by atoms with E-state index in [9.17, 15) is 10.1 Å². The highest BCUT2D eigenvalue weighted by Crippen LogP contribution is 2.31. The molecule has 0 bridgehead atoms. The van der Waals surface area contributed by atoms with E-state index in [-0.39, 0.29) is 5.97 Å². The summed E-state index contributed by atoms with van der Waals surface area (Å²) in [5.41, 5.74) is 3.91. The molecule has 7 nitrogen and oxygen atoms in total. The van der Waals surface area contributed by atoms with Crippen molar-refractivity contribution in [2.24, 2.45) is 10.2 Å². The molecule has 0 saturated carbocycles. The fourth-order valence-electron chi connectivity index (χ4n) is 2.78. The summed E-state index contributed by atoms with van der Waals surface area (Å²) in [5, 5.41) is 18.3. The van der Waals surface area contributed by atoms with Crippen LogP contribution in [0.3, 0.4) is 0 Å². The predicted octanol–water partition coefficient (Wildman–Crippen LogP) is 5.61. The Labute approximate surface area is 176 Å². The maximum absolute atomic E-state index is 11.7. The van der Waals surface area contributed by atoms with Gasteiger partial charge >= 0.3 is 5.97 Å². The molecule has 2 rings (SSSR count). The molecule has 0 unspecified atom stereocenters. The zero-order valence-corrected chi connectivity index (χ0v) is 18.3. The van der Waals surface area contributed by atoms with Gasteiger partial charge in [0.2, 0.25) is 0 Å². The molecule has 0 radical (unpaired) electrons. The van der Waals surface area contributed by atoms with Crippen LogP contribution in [-0.4, -0.2) is 30.0 Å². The highest BCUT2D eigenvalue weighted by Gasteiger charge is 2.12. The normalized spacial score (nSPS) is 10.9. The van der Waals surface area contributed by atoms with Crippen molar-refractivity contribution in [3.63, 3.8) is 0 Å². The van der Waals surface area contributed by atoms with Gasteiger partial charge in [0.1, 0.15) is 11.6 Å². The predicted molar refractivity (Wildman–Crippen MR) is 115 cm³/mol. The molecule has 1 heterocycles. The largest absolute Gasteiger partial charge is 0.466 e. The number of hydrogen-bond donors (Lipinski definition) is 0. The van der Waals surface area contributed by atoms with Gasteiger partial charge in [0, 0.05) is 18.8 Å². The number of anilines is 1. The van der Waals surface area contributed by atoms with Gasteiger partial charge in [-0.05, 0) is 62.5 Å². The van der Waals surface area contributed by atoms with Crippen molar-refractivity contribution >= 4 is 33.9 Å². The SMILES string of the molecule is CCCCN(CCC(=O)OCC)c1ccc(/N=N/c2snc(C)c2C#N)c(C)c1. The highest BCUT2D eigenvalue weighted by atomic mass is 32.1. The number of benzene rings is 1. The summed E-state index contributed by atoms with van der Waals surface area (Å²) >= 11 is 1.17. The van der Waals surface area contributed by atoms with Crippen molar-refractivity contribution in [3.8, 4) is 6.07 Å². The van der Waals surface area contributed by atoms with Crippen LogP contribution in [-0.2, 0) is 9.53 Å². The number of rotatable bonds is 10. The molecule has 0 atom stereocenters. The zero-order chi connectivity index (χ0) is 21.2. The summed E-state index contributed by atoms with van der Waals surface area (Å²) in [6, 6.07) is 8.08. The summed E-state index contributed by atoms with van der Waals surface area (Å²) in [7, 11) is 0. The minimum absolute atomic E-state index is 0.177. The first-order valence-corrected chi connectivity index (χ1v) is 10.6. The number of nitrogens with zero attached hydrogens (tertiary/aromatic N) is 5. The van der Waals surface area contributed by atoms with E-state index < -0.39 is 0 Å². The molecule has 0 fully saturated rings. The lowest BCUT2D eigenvalue weighted by Crippen LogP contribution is -2.27. The molecule has 2 aromatic rings. The maximum Gasteiger partial charge on any atom is 0.307 e. The van der Waals surface area contributed by atoms with E-state index in [1.807, 2.05) is 26.0 Å². The van der Waals surface area contributed by atoms with Crippen molar-refractivity contribution in [2.45, 2.75) is 47.0 Å². The van der Waals surface area contributed by atoms with E-state index >= 15 is 0 Å². The Morgan fingerprint density at radius 2 is 2.07 bits per heavy atom. The number of nitriles is 1. The third kappa shape index (κ3) is 6.36. The minimum atomic E-state index is -0.177. The second-order valence-electron chi connectivity index (χ2n) is 6.63. The first-order valence-electron chi connectivity index (χ1n) is 9.79. The van der Waals surface area contributed by atoms with E-state index in [0.29, 0.717) is 35.8 Å². The van der Waals surface area contributed by atoms with Gasteiger partial charge in [-0.25, -0.2) is 0 Å². The first-order chi connectivity index (χ1) is 14.0. The number of aryl methyl sites for hydroxylation is 2. The Hall–Kier alpha value is -2.79. The van der Waals surface area contributed by atoms with E-state index in [4.69, 9.17) is 4.74 Å². The number of azo groups is 1. The molecule has 154 valence electrons. The standard InChI is InChI=1S/C21H27N5O2S/c1-5-7-11-26(12-10-20(27)28-6-2)17-8-9-19(15(3)13-17)23-24-21-18(14-22)16(4)25-29-21/h8-9,13H,5-7,10-12H2,1-4H3/b24-23+. The first kappa shape index (κ1) is 22.5. The number of ether oxygens (including phenoxy) is 1. The van der Waals surface area contributed by atoms with E-state index in [1.54, 1.807) is 6.92 Å². The van der Waals surface area contributed by atoms with Crippen LogP contribution in [0.4, 0.5) is 16.4 Å². The van der Waals surface area contributed by atoms with Gasteiger partial charge < -0.3 is 9.64 Å². The smallest absolute Gasteiger partial charge is 0.307 e. The maximum atomic E-state index is 11.7. The number of aromatic nitrogens is 1. The average Bonchev–Trinajstić information content (AvgIpc) is 3.06. The fourth-order valence-corrected chi connectivity index (χ4v) is 3.46. The van der Waals surface area contributed by atoms with E-state index in [1.165, 1.54) is 11.5 Å². The van der Waals surface area contributed by atoms with Crippen molar-refractivity contribution in [1.82, 2.24) is 4.37 Å². The van der Waals surface area contributed by atoms with Crippen molar-refractivity contribution in [3.05, 3.63) is 35.0 Å². The Balaban J connectivity index is 2.16. The van der Waals surface area contributed by atoms with Crippen LogP contribution in [0.15, 0.2) is 28.4 Å². The summed E-state index contributed by atoms with van der Waals surface area (Å²) in [5.74, 6) is -0.177. The molecule has 1 aromatic heterocycles. The molecule has 0 aliphatic carbocycles. The van der Waals surface area contributed by atoms with Crippen LogP contribution in [0.5, 0.6) is 0 Å². The molecule has 29 heavy (non-hydrogen) atoms. The second-order valence-corrected chi connectivity index (χ2v) is 7.38. The van der Waals surface area contributed by atoms with Gasteiger partial charge in [-0.2, -0.15) is 9.64 Å². The number of hydrogen-bond acceptors (Lipinski definition) is 8. The monoisotopic (exact) mass is 413 g/mol. The Morgan fingerprint density at radius 1 is 1.28 bits per heavy atom. The fraction of sp³-hybridized carbons (Fsp3) is 0.476. The summed E-state index contributed by atoms with van der Waals surface area (Å²) in [6.07, 6.45) is 2.49. The molecule has 0 aliphatic heterocycles. The molecule has 1 aromatic carbocycles. The van der Waals surface area contributed by atoms with Gasteiger partial charge in [0.05, 0.1) is 24.4 Å². The van der Waals surface area contributed by atoms with Crippen LogP contribution in [0, 0.1) is 25.2 Å². The van der Waals surface area contributed by atoms with E-state index in [2.05, 4.69) is 38.6 Å². The van der Waals surface area contributed by atoms with E-state index in [0.717, 1.165) is 36.3 Å².